The molecule has 0 aliphatic carbocycles. The highest BCUT2D eigenvalue weighted by Crippen LogP contribution is 2.09. The zero-order valence-electron chi connectivity index (χ0n) is 11.2. The number of halogens is 1. The van der Waals surface area contributed by atoms with Gasteiger partial charge in [0.15, 0.2) is 15.6 Å². The molecule has 0 atom stereocenters. The number of carbonyl (C=O) groups excluding carboxylic acids is 1. The fourth-order valence-corrected chi connectivity index (χ4v) is 3.62. The van der Waals surface area contributed by atoms with Crippen LogP contribution >= 0.6 is 0 Å². The summed E-state index contributed by atoms with van der Waals surface area (Å²) >= 11 is 0. The molecule has 4 nitrogen and oxygen atoms in total. The van der Waals surface area contributed by atoms with Gasteiger partial charge in [-0.05, 0) is 24.6 Å². The van der Waals surface area contributed by atoms with Gasteiger partial charge in [0.1, 0.15) is 5.82 Å². The summed E-state index contributed by atoms with van der Waals surface area (Å²) in [6, 6.07) is 6.22. The summed E-state index contributed by atoms with van der Waals surface area (Å²) < 4.78 is 36.4. The topological polar surface area (TPSA) is 54.5 Å². The van der Waals surface area contributed by atoms with E-state index in [1.165, 1.54) is 6.07 Å². The van der Waals surface area contributed by atoms with Crippen LogP contribution in [0, 0.1) is 5.82 Å². The standard InChI is InChI=1S/C14H18FNO3S/c15-14-5-2-1-4-12(14)10-13(17)11-16-6-3-8-20(18,19)9-7-16/h1-2,4-5H,3,6-11H2. The van der Waals surface area contributed by atoms with Gasteiger partial charge < -0.3 is 0 Å². The van der Waals surface area contributed by atoms with E-state index in [4.69, 9.17) is 0 Å². The summed E-state index contributed by atoms with van der Waals surface area (Å²) in [5.74, 6) is -0.181. The molecule has 1 fully saturated rings. The van der Waals surface area contributed by atoms with Gasteiger partial charge in [0.05, 0.1) is 18.1 Å². The van der Waals surface area contributed by atoms with E-state index in [9.17, 15) is 17.6 Å². The van der Waals surface area contributed by atoms with Crippen molar-refractivity contribution >= 4 is 15.6 Å². The normalized spacial score (nSPS) is 19.4. The lowest BCUT2D eigenvalue weighted by Crippen LogP contribution is -2.33. The quantitative estimate of drug-likeness (QED) is 0.834. The molecule has 0 aromatic heterocycles. The molecule has 0 bridgehead atoms. The van der Waals surface area contributed by atoms with Crippen LogP contribution in [-0.2, 0) is 21.1 Å². The first kappa shape index (κ1) is 15.1. The fraction of sp³-hybridized carbons (Fsp3) is 0.500. The summed E-state index contributed by atoms with van der Waals surface area (Å²) in [5.41, 5.74) is 0.389. The van der Waals surface area contributed by atoms with Crippen molar-refractivity contribution in [2.24, 2.45) is 0 Å². The molecule has 1 heterocycles. The maximum absolute atomic E-state index is 13.5. The summed E-state index contributed by atoms with van der Waals surface area (Å²) in [7, 11) is -2.97. The van der Waals surface area contributed by atoms with Crippen molar-refractivity contribution in [2.45, 2.75) is 12.8 Å². The molecular formula is C14H18FNO3S. The Morgan fingerprint density at radius 3 is 2.70 bits per heavy atom. The predicted molar refractivity (Wildman–Crippen MR) is 74.8 cm³/mol. The summed E-state index contributed by atoms with van der Waals surface area (Å²) in [6.07, 6.45) is 0.602. The minimum absolute atomic E-state index is 0.0515. The second kappa shape index (κ2) is 6.45. The van der Waals surface area contributed by atoms with Crippen molar-refractivity contribution < 1.29 is 17.6 Å². The zero-order chi connectivity index (χ0) is 14.6. The predicted octanol–water partition coefficient (Wildman–Crippen LogP) is 1.06. The van der Waals surface area contributed by atoms with Crippen LogP contribution in [0.3, 0.4) is 0 Å². The zero-order valence-corrected chi connectivity index (χ0v) is 12.0. The molecule has 1 aliphatic heterocycles. The summed E-state index contributed by atoms with van der Waals surface area (Å²) in [6.45, 7) is 1.16. The SMILES string of the molecule is O=C(Cc1ccccc1F)CN1CCCS(=O)(=O)CC1. The van der Waals surface area contributed by atoms with E-state index in [0.717, 1.165) is 0 Å². The summed E-state index contributed by atoms with van der Waals surface area (Å²) in [5, 5.41) is 0. The van der Waals surface area contributed by atoms with Gasteiger partial charge in [0, 0.05) is 13.0 Å². The van der Waals surface area contributed by atoms with Crippen LogP contribution in [0.5, 0.6) is 0 Å². The number of rotatable bonds is 4. The van der Waals surface area contributed by atoms with E-state index in [1.54, 1.807) is 18.2 Å². The highest BCUT2D eigenvalue weighted by atomic mass is 32.2. The fourth-order valence-electron chi connectivity index (χ4n) is 2.31. The average molecular weight is 299 g/mol. The number of ketones is 1. The Morgan fingerprint density at radius 2 is 1.95 bits per heavy atom. The van der Waals surface area contributed by atoms with Crippen LogP contribution in [0.15, 0.2) is 24.3 Å². The Kier molecular flexibility index (Phi) is 4.88. The van der Waals surface area contributed by atoms with Gasteiger partial charge in [-0.2, -0.15) is 0 Å². The number of Topliss-reactive ketones (excluding diaryl/α,β-unsaturated/α-hetero) is 1. The Labute approximate surface area is 118 Å². The van der Waals surface area contributed by atoms with Gasteiger partial charge in [0.25, 0.3) is 0 Å². The van der Waals surface area contributed by atoms with Crippen LogP contribution in [0.1, 0.15) is 12.0 Å². The third kappa shape index (κ3) is 4.38. The second-order valence-corrected chi connectivity index (χ2v) is 7.39. The van der Waals surface area contributed by atoms with Gasteiger partial charge in [-0.15, -0.1) is 0 Å². The lowest BCUT2D eigenvalue weighted by Gasteiger charge is -2.18. The molecule has 1 saturated heterocycles. The van der Waals surface area contributed by atoms with Gasteiger partial charge >= 0.3 is 0 Å². The highest BCUT2D eigenvalue weighted by molar-refractivity contribution is 7.91. The van der Waals surface area contributed by atoms with E-state index < -0.39 is 9.84 Å². The Morgan fingerprint density at radius 1 is 1.20 bits per heavy atom. The molecule has 0 radical (unpaired) electrons. The number of hydrogen-bond donors (Lipinski definition) is 0. The van der Waals surface area contributed by atoms with Crippen molar-refractivity contribution in [3.05, 3.63) is 35.6 Å². The minimum Gasteiger partial charge on any atom is -0.298 e. The number of nitrogens with zero attached hydrogens (tertiary/aromatic N) is 1. The third-order valence-electron chi connectivity index (χ3n) is 3.39. The molecule has 0 amide bonds. The molecule has 2 rings (SSSR count). The first-order valence-electron chi connectivity index (χ1n) is 6.64. The molecule has 0 saturated carbocycles. The van der Waals surface area contributed by atoms with E-state index in [-0.39, 0.29) is 36.1 Å². The maximum atomic E-state index is 13.5. The number of sulfone groups is 1. The Hall–Kier alpha value is -1.27. The molecule has 0 spiro atoms. The monoisotopic (exact) mass is 299 g/mol. The van der Waals surface area contributed by atoms with Crippen molar-refractivity contribution in [2.75, 3.05) is 31.1 Å². The van der Waals surface area contributed by atoms with Crippen LogP contribution in [-0.4, -0.2) is 50.2 Å². The van der Waals surface area contributed by atoms with Crippen LogP contribution in [0.2, 0.25) is 0 Å². The lowest BCUT2D eigenvalue weighted by molar-refractivity contribution is -0.119. The van der Waals surface area contributed by atoms with Gasteiger partial charge in [-0.3, -0.25) is 9.69 Å². The van der Waals surface area contributed by atoms with Crippen LogP contribution in [0.25, 0.3) is 0 Å². The van der Waals surface area contributed by atoms with Crippen LogP contribution < -0.4 is 0 Å². The molecule has 0 unspecified atom stereocenters. The van der Waals surface area contributed by atoms with Gasteiger partial charge in [0.2, 0.25) is 0 Å². The molecule has 6 heteroatoms. The molecule has 1 aromatic rings. The van der Waals surface area contributed by atoms with Crippen molar-refractivity contribution in [3.63, 3.8) is 0 Å². The van der Waals surface area contributed by atoms with E-state index in [1.807, 2.05) is 4.90 Å². The molecular weight excluding hydrogens is 281 g/mol. The van der Waals surface area contributed by atoms with E-state index in [0.29, 0.717) is 25.1 Å². The number of carbonyl (C=O) groups is 1. The van der Waals surface area contributed by atoms with Gasteiger partial charge in [-0.25, -0.2) is 12.8 Å². The highest BCUT2D eigenvalue weighted by Gasteiger charge is 2.20. The smallest absolute Gasteiger partial charge is 0.151 e. The first-order valence-corrected chi connectivity index (χ1v) is 8.46. The molecule has 0 N–H and O–H groups in total. The van der Waals surface area contributed by atoms with Crippen molar-refractivity contribution in [3.8, 4) is 0 Å². The number of benzene rings is 1. The lowest BCUT2D eigenvalue weighted by atomic mass is 10.1. The maximum Gasteiger partial charge on any atom is 0.151 e. The van der Waals surface area contributed by atoms with E-state index >= 15 is 0 Å². The van der Waals surface area contributed by atoms with Gasteiger partial charge in [-0.1, -0.05) is 18.2 Å². The first-order chi connectivity index (χ1) is 9.46. The molecule has 110 valence electrons. The molecule has 1 aromatic carbocycles. The second-order valence-electron chi connectivity index (χ2n) is 5.09. The average Bonchev–Trinajstić information content (AvgIpc) is 2.54. The minimum atomic E-state index is -2.97. The van der Waals surface area contributed by atoms with Crippen LogP contribution in [0.4, 0.5) is 4.39 Å². The third-order valence-corrected chi connectivity index (χ3v) is 5.11. The summed E-state index contributed by atoms with van der Waals surface area (Å²) in [4.78, 5) is 13.8. The van der Waals surface area contributed by atoms with E-state index in [2.05, 4.69) is 0 Å². The number of hydrogen-bond acceptors (Lipinski definition) is 4. The Bertz CT molecular complexity index is 586. The molecule has 20 heavy (non-hydrogen) atoms. The Balaban J connectivity index is 1.90. The van der Waals surface area contributed by atoms with Crippen molar-refractivity contribution in [1.82, 2.24) is 4.90 Å². The largest absolute Gasteiger partial charge is 0.298 e. The van der Waals surface area contributed by atoms with Crippen molar-refractivity contribution in [1.29, 1.82) is 0 Å². The molecule has 1 aliphatic rings.